The van der Waals surface area contributed by atoms with E-state index in [0.717, 1.165) is 83.4 Å². The van der Waals surface area contributed by atoms with E-state index in [1.165, 1.54) is 5.56 Å². The van der Waals surface area contributed by atoms with Gasteiger partial charge in [0.1, 0.15) is 17.0 Å². The molecule has 0 radical (unpaired) electrons. The molecular weight excluding hydrogens is 621 g/mol. The van der Waals surface area contributed by atoms with Gasteiger partial charge >= 0.3 is 0 Å². The van der Waals surface area contributed by atoms with Crippen molar-refractivity contribution < 1.29 is 8.53 Å². The van der Waals surface area contributed by atoms with E-state index in [9.17, 15) is 0 Å². The molecule has 0 saturated carbocycles. The van der Waals surface area contributed by atoms with E-state index in [1.54, 1.807) is 12.1 Å². The fourth-order valence-electron chi connectivity index (χ4n) is 7.23. The molecule has 0 N–H and O–H groups in total. The van der Waals surface area contributed by atoms with Gasteiger partial charge in [-0.05, 0) is 82.5 Å². The number of aromatic nitrogens is 2. The molecule has 2 aromatic heterocycles. The highest BCUT2D eigenvalue weighted by atomic mass is 16.3. The third-order valence-corrected chi connectivity index (χ3v) is 9.89. The second-order valence-electron chi connectivity index (χ2n) is 14.2. The maximum absolute atomic E-state index is 7.77. The van der Waals surface area contributed by atoms with Crippen LogP contribution in [0.15, 0.2) is 162 Å². The van der Waals surface area contributed by atoms with Gasteiger partial charge in [0.25, 0.3) is 0 Å². The van der Waals surface area contributed by atoms with Gasteiger partial charge in [0.05, 0.1) is 22.3 Å². The Balaban J connectivity index is 1.32. The first-order chi connectivity index (χ1) is 26.0. The van der Waals surface area contributed by atoms with Crippen molar-refractivity contribution in [3.8, 4) is 50.5 Å². The number of para-hydroxylation sites is 3. The smallest absolute Gasteiger partial charge is 0.149 e. The Kier molecular flexibility index (Phi) is 6.49. The summed E-state index contributed by atoms with van der Waals surface area (Å²) >= 11 is 0. The van der Waals surface area contributed by atoms with Crippen molar-refractivity contribution in [3.05, 3.63) is 169 Å². The van der Waals surface area contributed by atoms with Crippen LogP contribution in [0, 0.1) is 6.85 Å². The van der Waals surface area contributed by atoms with Crippen LogP contribution in [0.3, 0.4) is 0 Å². The first kappa shape index (κ1) is 27.6. The van der Waals surface area contributed by atoms with E-state index >= 15 is 0 Å². The van der Waals surface area contributed by atoms with Crippen LogP contribution >= 0.6 is 0 Å². The minimum absolute atomic E-state index is 0.0956. The molecule has 0 unspecified atom stereocenters. The zero-order chi connectivity index (χ0) is 37.2. The van der Waals surface area contributed by atoms with Crippen LogP contribution in [0.4, 0.5) is 0 Å². The third kappa shape index (κ3) is 5.34. The molecule has 0 aliphatic heterocycles. The SMILES string of the molecule is [2H]C([2H])([2H])c1ccc(-c2ccc3c(c2)oc2c(-c4nc5ccccc5n4-c4c(-c5ccccc5)cc(C(C)(C)C)cc4-c4ccccc4)cccc23)cc1. The lowest BCUT2D eigenvalue weighted by Crippen LogP contribution is -2.13. The number of hydrogen-bond donors (Lipinski definition) is 0. The van der Waals surface area contributed by atoms with E-state index in [4.69, 9.17) is 13.5 Å². The molecule has 246 valence electrons. The molecule has 0 bridgehead atoms. The predicted octanol–water partition coefficient (Wildman–Crippen LogP) is 13.2. The lowest BCUT2D eigenvalue weighted by Gasteiger charge is -2.26. The molecule has 3 heteroatoms. The molecule has 0 saturated heterocycles. The standard InChI is InChI=1S/C48H38N2O/c1-31-22-24-32(25-23-31)35-26-27-37-38-18-13-19-39(46(38)51-44(37)28-35)47-49-42-20-11-12-21-43(42)50(47)45-40(33-14-7-5-8-15-33)29-36(48(2,3)4)30-41(45)34-16-9-6-10-17-34/h5-30H,1-4H3/i1D3. The van der Waals surface area contributed by atoms with E-state index in [1.807, 2.05) is 24.3 Å². The van der Waals surface area contributed by atoms with Crippen molar-refractivity contribution in [2.24, 2.45) is 0 Å². The van der Waals surface area contributed by atoms with Gasteiger partial charge in [-0.25, -0.2) is 4.98 Å². The number of imidazole rings is 1. The number of benzene rings is 7. The zero-order valence-electron chi connectivity index (χ0n) is 31.8. The molecule has 0 atom stereocenters. The molecular formula is C48H38N2O. The van der Waals surface area contributed by atoms with E-state index in [2.05, 4.69) is 147 Å². The van der Waals surface area contributed by atoms with Gasteiger partial charge in [0, 0.05) is 26.0 Å². The van der Waals surface area contributed by atoms with Crippen LogP contribution in [-0.4, -0.2) is 9.55 Å². The third-order valence-electron chi connectivity index (χ3n) is 9.89. The average molecular weight is 662 g/mol. The number of aryl methyl sites for hydroxylation is 1. The van der Waals surface area contributed by atoms with Gasteiger partial charge in [-0.1, -0.05) is 142 Å². The van der Waals surface area contributed by atoms with Crippen molar-refractivity contribution in [2.75, 3.05) is 0 Å². The second kappa shape index (κ2) is 12.0. The highest BCUT2D eigenvalue weighted by molar-refractivity contribution is 6.10. The molecule has 0 aliphatic rings. The van der Waals surface area contributed by atoms with Crippen LogP contribution in [0.2, 0.25) is 0 Å². The van der Waals surface area contributed by atoms with Gasteiger partial charge in [0.2, 0.25) is 0 Å². The van der Waals surface area contributed by atoms with Crippen molar-refractivity contribution in [1.29, 1.82) is 0 Å². The molecule has 9 aromatic rings. The molecule has 0 spiro atoms. The molecule has 2 heterocycles. The first-order valence-electron chi connectivity index (χ1n) is 18.9. The predicted molar refractivity (Wildman–Crippen MR) is 214 cm³/mol. The van der Waals surface area contributed by atoms with E-state index in [-0.39, 0.29) is 5.41 Å². The van der Waals surface area contributed by atoms with Crippen LogP contribution < -0.4 is 0 Å². The van der Waals surface area contributed by atoms with Crippen molar-refractivity contribution >= 4 is 33.0 Å². The van der Waals surface area contributed by atoms with Gasteiger partial charge in [-0.2, -0.15) is 0 Å². The molecule has 0 amide bonds. The summed E-state index contributed by atoms with van der Waals surface area (Å²) in [6.07, 6.45) is 0. The minimum atomic E-state index is -2.15. The Morgan fingerprint density at radius 3 is 1.88 bits per heavy atom. The zero-order valence-corrected chi connectivity index (χ0v) is 28.8. The summed E-state index contributed by atoms with van der Waals surface area (Å²) in [5, 5.41) is 2.00. The van der Waals surface area contributed by atoms with Gasteiger partial charge in [-0.15, -0.1) is 0 Å². The summed E-state index contributed by atoms with van der Waals surface area (Å²) in [7, 11) is 0. The van der Waals surface area contributed by atoms with Crippen LogP contribution in [-0.2, 0) is 5.41 Å². The Hall–Kier alpha value is -6.19. The van der Waals surface area contributed by atoms with E-state index in [0.29, 0.717) is 5.56 Å². The number of rotatable bonds is 5. The Morgan fingerprint density at radius 2 is 1.22 bits per heavy atom. The van der Waals surface area contributed by atoms with Crippen LogP contribution in [0.1, 0.15) is 36.0 Å². The maximum atomic E-state index is 7.77. The Morgan fingerprint density at radius 1 is 0.569 bits per heavy atom. The van der Waals surface area contributed by atoms with Crippen molar-refractivity contribution in [3.63, 3.8) is 0 Å². The topological polar surface area (TPSA) is 31.0 Å². The average Bonchev–Trinajstić information content (AvgIpc) is 3.76. The van der Waals surface area contributed by atoms with Crippen molar-refractivity contribution in [1.82, 2.24) is 9.55 Å². The normalized spacial score (nSPS) is 13.0. The Labute approximate surface area is 302 Å². The molecule has 0 aliphatic carbocycles. The lowest BCUT2D eigenvalue weighted by atomic mass is 9.82. The van der Waals surface area contributed by atoms with E-state index < -0.39 is 6.85 Å². The summed E-state index contributed by atoms with van der Waals surface area (Å²) in [4.78, 5) is 5.37. The minimum Gasteiger partial charge on any atom is -0.455 e. The molecule has 9 rings (SSSR count). The largest absolute Gasteiger partial charge is 0.455 e. The fraction of sp³-hybridized carbons (Fsp3) is 0.104. The molecule has 3 nitrogen and oxygen atoms in total. The molecule has 0 fully saturated rings. The van der Waals surface area contributed by atoms with Gasteiger partial charge in [-0.3, -0.25) is 4.57 Å². The van der Waals surface area contributed by atoms with Crippen LogP contribution in [0.5, 0.6) is 0 Å². The highest BCUT2D eigenvalue weighted by Crippen LogP contribution is 2.45. The fourth-order valence-corrected chi connectivity index (χ4v) is 7.23. The summed E-state index contributed by atoms with van der Waals surface area (Å²) in [6, 6.07) is 53.9. The number of furan rings is 1. The highest BCUT2D eigenvalue weighted by Gasteiger charge is 2.26. The second-order valence-corrected chi connectivity index (χ2v) is 14.2. The quantitative estimate of drug-likeness (QED) is 0.184. The summed E-state index contributed by atoms with van der Waals surface area (Å²) < 4.78 is 32.5. The van der Waals surface area contributed by atoms with Gasteiger partial charge < -0.3 is 4.42 Å². The number of hydrogen-bond acceptors (Lipinski definition) is 2. The lowest BCUT2D eigenvalue weighted by molar-refractivity contribution is 0.590. The molecule has 7 aromatic carbocycles. The maximum Gasteiger partial charge on any atom is 0.149 e. The summed E-state index contributed by atoms with van der Waals surface area (Å²) in [6.45, 7) is 4.66. The van der Waals surface area contributed by atoms with Gasteiger partial charge in [0.15, 0.2) is 0 Å². The number of fused-ring (bicyclic) bond motifs is 4. The van der Waals surface area contributed by atoms with Crippen molar-refractivity contribution in [2.45, 2.75) is 33.0 Å². The monoisotopic (exact) mass is 661 g/mol. The summed E-state index contributed by atoms with van der Waals surface area (Å²) in [5.74, 6) is 0.791. The Bertz CT molecular complexity index is 2760. The molecule has 51 heavy (non-hydrogen) atoms. The summed E-state index contributed by atoms with van der Waals surface area (Å²) in [5.41, 5.74) is 13.2. The number of nitrogens with zero attached hydrogens (tertiary/aromatic N) is 2. The first-order valence-corrected chi connectivity index (χ1v) is 17.4. The van der Waals surface area contributed by atoms with Crippen LogP contribution in [0.25, 0.3) is 83.4 Å².